The molecule has 1 fully saturated rings. The third kappa shape index (κ3) is 4.56. The molecule has 186 valence electrons. The SMILES string of the molecule is COc1ccc(C(=O)N2CCN(c3nc(C(C)C)nc4sc5c(c34)CCCCC5)CC2)c(OC)c1. The number of benzene rings is 1. The molecule has 2 aliphatic rings. The van der Waals surface area contributed by atoms with Gasteiger partial charge in [-0.2, -0.15) is 0 Å². The van der Waals surface area contributed by atoms with Crippen LogP contribution in [0.5, 0.6) is 11.5 Å². The van der Waals surface area contributed by atoms with Crippen molar-refractivity contribution in [1.29, 1.82) is 0 Å². The van der Waals surface area contributed by atoms with Crippen LogP contribution in [-0.2, 0) is 12.8 Å². The summed E-state index contributed by atoms with van der Waals surface area (Å²) in [5.41, 5.74) is 2.03. The van der Waals surface area contributed by atoms with Gasteiger partial charge in [-0.05, 0) is 43.4 Å². The van der Waals surface area contributed by atoms with Crippen molar-refractivity contribution in [2.24, 2.45) is 0 Å². The van der Waals surface area contributed by atoms with Crippen molar-refractivity contribution in [1.82, 2.24) is 14.9 Å². The number of nitrogens with zero attached hydrogens (tertiary/aromatic N) is 4. The van der Waals surface area contributed by atoms with Gasteiger partial charge in [-0.25, -0.2) is 9.97 Å². The molecule has 0 unspecified atom stereocenters. The molecule has 3 heterocycles. The standard InChI is InChI=1S/C27H34N4O3S/c1-17(2)24-28-25(23-20-8-6-5-7-9-22(20)35-26(23)29-24)30-12-14-31(15-13-30)27(32)19-11-10-18(33-3)16-21(19)34-4/h10-11,16-17H,5-9,12-15H2,1-4H3. The van der Waals surface area contributed by atoms with E-state index in [2.05, 4.69) is 18.7 Å². The Morgan fingerprint density at radius 3 is 2.49 bits per heavy atom. The van der Waals surface area contributed by atoms with Crippen LogP contribution in [0.1, 0.15) is 65.7 Å². The Kier molecular flexibility index (Phi) is 6.82. The fraction of sp³-hybridized carbons (Fsp3) is 0.519. The summed E-state index contributed by atoms with van der Waals surface area (Å²) in [4.78, 5) is 30.3. The van der Waals surface area contributed by atoms with E-state index in [4.69, 9.17) is 19.4 Å². The zero-order valence-corrected chi connectivity index (χ0v) is 21.9. The van der Waals surface area contributed by atoms with E-state index in [1.807, 2.05) is 16.2 Å². The number of amides is 1. The van der Waals surface area contributed by atoms with E-state index in [1.54, 1.807) is 32.4 Å². The summed E-state index contributed by atoms with van der Waals surface area (Å²) in [7, 11) is 3.19. The monoisotopic (exact) mass is 494 g/mol. The Labute approximate surface area is 211 Å². The highest BCUT2D eigenvalue weighted by molar-refractivity contribution is 7.19. The molecule has 0 spiro atoms. The Balaban J connectivity index is 1.42. The first-order valence-corrected chi connectivity index (χ1v) is 13.4. The first kappa shape index (κ1) is 23.9. The van der Waals surface area contributed by atoms with Gasteiger partial charge in [0.1, 0.15) is 28.0 Å². The molecule has 1 aliphatic carbocycles. The Morgan fingerprint density at radius 2 is 1.77 bits per heavy atom. The summed E-state index contributed by atoms with van der Waals surface area (Å²) in [5.74, 6) is 3.44. The molecule has 0 bridgehead atoms. The van der Waals surface area contributed by atoms with Crippen molar-refractivity contribution in [3.8, 4) is 11.5 Å². The van der Waals surface area contributed by atoms with Gasteiger partial charge in [0.25, 0.3) is 5.91 Å². The summed E-state index contributed by atoms with van der Waals surface area (Å²) in [5, 5.41) is 1.26. The van der Waals surface area contributed by atoms with E-state index in [1.165, 1.54) is 35.1 Å². The number of ether oxygens (including phenoxy) is 2. The van der Waals surface area contributed by atoms with Gasteiger partial charge in [0, 0.05) is 43.0 Å². The van der Waals surface area contributed by atoms with Gasteiger partial charge >= 0.3 is 0 Å². The van der Waals surface area contributed by atoms with Crippen LogP contribution in [0.15, 0.2) is 18.2 Å². The third-order valence-electron chi connectivity index (χ3n) is 7.08. The maximum Gasteiger partial charge on any atom is 0.257 e. The maximum atomic E-state index is 13.3. The van der Waals surface area contributed by atoms with Gasteiger partial charge in [-0.15, -0.1) is 11.3 Å². The fourth-order valence-electron chi connectivity index (χ4n) is 5.08. The molecule has 1 amide bonds. The van der Waals surface area contributed by atoms with Crippen LogP contribution in [0.3, 0.4) is 0 Å². The van der Waals surface area contributed by atoms with Crippen molar-refractivity contribution in [2.75, 3.05) is 45.3 Å². The fourth-order valence-corrected chi connectivity index (χ4v) is 6.35. The molecule has 3 aromatic rings. The number of piperazine rings is 1. The van der Waals surface area contributed by atoms with Crippen LogP contribution < -0.4 is 14.4 Å². The molecule has 1 aliphatic heterocycles. The number of aromatic nitrogens is 2. The lowest BCUT2D eigenvalue weighted by atomic mass is 10.1. The number of anilines is 1. The Bertz CT molecular complexity index is 1230. The minimum absolute atomic E-state index is 0.00995. The molecular weight excluding hydrogens is 460 g/mol. The first-order valence-electron chi connectivity index (χ1n) is 12.6. The molecule has 35 heavy (non-hydrogen) atoms. The number of hydrogen-bond donors (Lipinski definition) is 0. The third-order valence-corrected chi connectivity index (χ3v) is 8.27. The summed E-state index contributed by atoms with van der Waals surface area (Å²) in [6, 6.07) is 5.35. The van der Waals surface area contributed by atoms with Crippen molar-refractivity contribution in [2.45, 2.75) is 51.9 Å². The van der Waals surface area contributed by atoms with Crippen LogP contribution in [0.2, 0.25) is 0 Å². The lowest BCUT2D eigenvalue weighted by Gasteiger charge is -2.36. The molecule has 8 heteroatoms. The van der Waals surface area contributed by atoms with Crippen molar-refractivity contribution < 1.29 is 14.3 Å². The van der Waals surface area contributed by atoms with Gasteiger partial charge in [-0.1, -0.05) is 20.3 Å². The second-order valence-electron chi connectivity index (χ2n) is 9.65. The van der Waals surface area contributed by atoms with Crippen molar-refractivity contribution in [3.63, 3.8) is 0 Å². The topological polar surface area (TPSA) is 67.8 Å². The molecule has 1 saturated heterocycles. The zero-order valence-electron chi connectivity index (χ0n) is 21.1. The number of fused-ring (bicyclic) bond motifs is 3. The van der Waals surface area contributed by atoms with Crippen LogP contribution in [0, 0.1) is 0 Å². The second kappa shape index (κ2) is 10.0. The second-order valence-corrected chi connectivity index (χ2v) is 10.7. The Hall–Kier alpha value is -2.87. The van der Waals surface area contributed by atoms with Crippen LogP contribution in [0.25, 0.3) is 10.2 Å². The zero-order chi connectivity index (χ0) is 24.5. The number of thiophene rings is 1. The Morgan fingerprint density at radius 1 is 1.00 bits per heavy atom. The summed E-state index contributed by atoms with van der Waals surface area (Å²) >= 11 is 1.87. The van der Waals surface area contributed by atoms with Crippen LogP contribution in [0.4, 0.5) is 5.82 Å². The predicted octanol–water partition coefficient (Wildman–Crippen LogP) is 5.06. The van der Waals surface area contributed by atoms with E-state index >= 15 is 0 Å². The number of methoxy groups -OCH3 is 2. The lowest BCUT2D eigenvalue weighted by Crippen LogP contribution is -2.49. The average molecular weight is 495 g/mol. The van der Waals surface area contributed by atoms with Gasteiger partial charge < -0.3 is 19.3 Å². The molecule has 0 N–H and O–H groups in total. The largest absolute Gasteiger partial charge is 0.497 e. The van der Waals surface area contributed by atoms with Crippen LogP contribution >= 0.6 is 11.3 Å². The highest BCUT2D eigenvalue weighted by Crippen LogP contribution is 2.40. The quantitative estimate of drug-likeness (QED) is 0.462. The molecule has 1 aromatic carbocycles. The van der Waals surface area contributed by atoms with Gasteiger partial charge in [0.15, 0.2) is 0 Å². The smallest absolute Gasteiger partial charge is 0.257 e. The summed E-state index contributed by atoms with van der Waals surface area (Å²) in [6.45, 7) is 7.09. The number of carbonyl (C=O) groups is 1. The van der Waals surface area contributed by atoms with Gasteiger partial charge in [-0.3, -0.25) is 4.79 Å². The minimum atomic E-state index is -0.00995. The van der Waals surface area contributed by atoms with E-state index < -0.39 is 0 Å². The maximum absolute atomic E-state index is 13.3. The van der Waals surface area contributed by atoms with E-state index in [0.717, 1.165) is 42.4 Å². The van der Waals surface area contributed by atoms with E-state index in [-0.39, 0.29) is 11.8 Å². The molecule has 0 atom stereocenters. The summed E-state index contributed by atoms with van der Waals surface area (Å²) in [6.07, 6.45) is 6.05. The minimum Gasteiger partial charge on any atom is -0.497 e. The summed E-state index contributed by atoms with van der Waals surface area (Å²) < 4.78 is 10.8. The molecule has 0 saturated carbocycles. The first-order chi connectivity index (χ1) is 17.0. The molecule has 5 rings (SSSR count). The number of hydrogen-bond acceptors (Lipinski definition) is 7. The van der Waals surface area contributed by atoms with Gasteiger partial charge in [0.05, 0.1) is 25.2 Å². The number of aryl methyl sites for hydroxylation is 2. The number of carbonyl (C=O) groups excluding carboxylic acids is 1. The number of rotatable bonds is 5. The predicted molar refractivity (Wildman–Crippen MR) is 140 cm³/mol. The van der Waals surface area contributed by atoms with E-state index in [9.17, 15) is 4.79 Å². The average Bonchev–Trinajstić information content (AvgIpc) is 3.08. The van der Waals surface area contributed by atoms with Crippen LogP contribution in [-0.4, -0.2) is 61.2 Å². The van der Waals surface area contributed by atoms with Crippen molar-refractivity contribution >= 4 is 33.3 Å². The normalized spacial score (nSPS) is 16.4. The molecule has 0 radical (unpaired) electrons. The molecule has 7 nitrogen and oxygen atoms in total. The van der Waals surface area contributed by atoms with Gasteiger partial charge in [0.2, 0.25) is 0 Å². The van der Waals surface area contributed by atoms with Crippen molar-refractivity contribution in [3.05, 3.63) is 40.0 Å². The van der Waals surface area contributed by atoms with E-state index in [0.29, 0.717) is 30.2 Å². The molecule has 2 aromatic heterocycles. The molecular formula is C27H34N4O3S. The highest BCUT2D eigenvalue weighted by Gasteiger charge is 2.29. The lowest BCUT2D eigenvalue weighted by molar-refractivity contribution is 0.0743. The highest BCUT2D eigenvalue weighted by atomic mass is 32.1.